The van der Waals surface area contributed by atoms with E-state index in [1.807, 2.05) is 11.3 Å². The van der Waals surface area contributed by atoms with Gasteiger partial charge in [-0.05, 0) is 98.8 Å². The second kappa shape index (κ2) is 12.9. The number of hydrogen-bond donors (Lipinski definition) is 0. The summed E-state index contributed by atoms with van der Waals surface area (Å²) in [5.41, 5.74) is 14.7. The summed E-state index contributed by atoms with van der Waals surface area (Å²) in [5, 5.41) is 2.60. The predicted molar refractivity (Wildman–Crippen MR) is 244 cm³/mol. The van der Waals surface area contributed by atoms with Crippen LogP contribution in [0.1, 0.15) is 45.4 Å². The number of hydrogen-bond acceptors (Lipinski definition) is 2. The zero-order chi connectivity index (χ0) is 38.3. The van der Waals surface area contributed by atoms with Crippen molar-refractivity contribution >= 4 is 48.6 Å². The highest BCUT2D eigenvalue weighted by Crippen LogP contribution is 2.66. The van der Waals surface area contributed by atoms with E-state index in [-0.39, 0.29) is 5.92 Å². The summed E-state index contributed by atoms with van der Waals surface area (Å²) in [4.78, 5) is 2.49. The van der Waals surface area contributed by atoms with E-state index in [2.05, 4.69) is 223 Å². The van der Waals surface area contributed by atoms with Crippen LogP contribution in [0, 0.1) is 5.92 Å². The minimum atomic E-state index is -0.495. The van der Waals surface area contributed by atoms with E-state index in [1.165, 1.54) is 75.9 Å². The van der Waals surface area contributed by atoms with Gasteiger partial charge in [-0.1, -0.05) is 182 Å². The first-order valence-corrected chi connectivity index (χ1v) is 21.2. The first-order valence-electron chi connectivity index (χ1n) is 20.4. The van der Waals surface area contributed by atoms with Crippen LogP contribution >= 0.6 is 11.3 Å². The molecule has 8 aromatic carbocycles. The summed E-state index contributed by atoms with van der Waals surface area (Å²) in [6.45, 7) is 0. The van der Waals surface area contributed by atoms with E-state index in [4.69, 9.17) is 0 Å². The lowest BCUT2D eigenvalue weighted by Gasteiger charge is -2.52. The van der Waals surface area contributed by atoms with Gasteiger partial charge in [0.05, 0.1) is 21.2 Å². The lowest BCUT2D eigenvalue weighted by atomic mass is 9.49. The monoisotopic (exact) mass is 757 g/mol. The second-order valence-corrected chi connectivity index (χ2v) is 16.9. The Labute approximate surface area is 343 Å². The van der Waals surface area contributed by atoms with Gasteiger partial charge in [-0.2, -0.15) is 0 Å². The number of thiophene rings is 1. The van der Waals surface area contributed by atoms with E-state index in [0.29, 0.717) is 0 Å². The number of nitrogens with zero attached hydrogens (tertiary/aromatic N) is 1. The molecule has 1 nitrogen and oxygen atoms in total. The van der Waals surface area contributed by atoms with Crippen LogP contribution in [-0.4, -0.2) is 0 Å². The molecule has 0 aliphatic heterocycles. The Kier molecular flexibility index (Phi) is 7.43. The van der Waals surface area contributed by atoms with Gasteiger partial charge >= 0.3 is 0 Å². The Balaban J connectivity index is 1.18. The number of fused-ring (bicyclic) bond motifs is 8. The normalized spacial score (nSPS) is 19.8. The second-order valence-electron chi connectivity index (χ2n) is 15.9. The fourth-order valence-corrected chi connectivity index (χ4v) is 12.2. The maximum Gasteiger partial charge on any atom is 0.0719 e. The lowest BCUT2D eigenvalue weighted by Crippen LogP contribution is -2.47. The quantitative estimate of drug-likeness (QED) is 0.163. The fourth-order valence-electron chi connectivity index (χ4n) is 11.0. The molecular formula is C56H39NS. The Morgan fingerprint density at radius 2 is 1.12 bits per heavy atom. The van der Waals surface area contributed by atoms with Crippen molar-refractivity contribution in [3.63, 3.8) is 0 Å². The molecule has 274 valence electrons. The molecule has 1 heterocycles. The smallest absolute Gasteiger partial charge is 0.0719 e. The van der Waals surface area contributed by atoms with Crippen LogP contribution in [-0.2, 0) is 10.8 Å². The molecule has 1 aromatic heterocycles. The minimum Gasteiger partial charge on any atom is -0.309 e. The molecule has 9 aromatic rings. The van der Waals surface area contributed by atoms with Crippen LogP contribution in [0.5, 0.6) is 0 Å². The van der Waals surface area contributed by atoms with Crippen molar-refractivity contribution in [3.8, 4) is 11.1 Å². The van der Waals surface area contributed by atoms with Crippen LogP contribution in [0.3, 0.4) is 0 Å². The Hall–Kier alpha value is -6.74. The molecule has 0 saturated heterocycles. The molecule has 12 rings (SSSR count). The molecule has 2 heteroatoms. The molecule has 0 fully saturated rings. The van der Waals surface area contributed by atoms with E-state index in [1.54, 1.807) is 0 Å². The predicted octanol–water partition coefficient (Wildman–Crippen LogP) is 14.7. The summed E-state index contributed by atoms with van der Waals surface area (Å²) in [7, 11) is 0. The van der Waals surface area contributed by atoms with Crippen LogP contribution in [0.15, 0.2) is 218 Å². The van der Waals surface area contributed by atoms with Gasteiger partial charge < -0.3 is 4.90 Å². The van der Waals surface area contributed by atoms with Gasteiger partial charge in [-0.3, -0.25) is 0 Å². The van der Waals surface area contributed by atoms with Crippen molar-refractivity contribution in [2.75, 3.05) is 4.90 Å². The van der Waals surface area contributed by atoms with Crippen LogP contribution in [0.25, 0.3) is 31.3 Å². The van der Waals surface area contributed by atoms with E-state index in [0.717, 1.165) is 17.8 Å². The summed E-state index contributed by atoms with van der Waals surface area (Å²) < 4.78 is 2.60. The minimum absolute atomic E-state index is 0.175. The zero-order valence-electron chi connectivity index (χ0n) is 31.9. The van der Waals surface area contributed by atoms with Gasteiger partial charge in [0.1, 0.15) is 0 Å². The maximum atomic E-state index is 2.51. The molecule has 0 radical (unpaired) electrons. The molecule has 0 bridgehead atoms. The topological polar surface area (TPSA) is 3.24 Å². The van der Waals surface area contributed by atoms with Crippen molar-refractivity contribution in [2.24, 2.45) is 5.92 Å². The summed E-state index contributed by atoms with van der Waals surface area (Å²) in [5.74, 6) is 0.175. The molecule has 0 N–H and O–H groups in total. The van der Waals surface area contributed by atoms with Crippen molar-refractivity contribution < 1.29 is 0 Å². The fraction of sp³-hybridized carbons (Fsp3) is 0.0714. The summed E-state index contributed by atoms with van der Waals surface area (Å²) in [6, 6.07) is 73.1. The molecular weight excluding hydrogens is 719 g/mol. The van der Waals surface area contributed by atoms with Gasteiger partial charge in [-0.15, -0.1) is 11.3 Å². The van der Waals surface area contributed by atoms with Crippen LogP contribution in [0.2, 0.25) is 0 Å². The first-order chi connectivity index (χ1) is 28.8. The number of rotatable bonds is 6. The standard InChI is InChI=1S/C56H39NS/c1-4-19-38(20-5-1)55(40-23-16-26-42(37-40)57(41-24-8-3-9-25-41)51-35-18-30-46-44-28-11-15-36-52(44)58-54(46)51)48-32-13-14-33-49(48)56(39-21-6-2-7-22-39)47-31-12-10-27-43(47)45-29-17-34-50(55)53(45)56/h1-19,21-38H,20H2. The van der Waals surface area contributed by atoms with Crippen molar-refractivity contribution in [1.82, 2.24) is 0 Å². The van der Waals surface area contributed by atoms with Gasteiger partial charge in [0, 0.05) is 26.8 Å². The molecule has 0 saturated carbocycles. The molecule has 3 aliphatic carbocycles. The maximum absolute atomic E-state index is 2.51. The molecule has 3 atom stereocenters. The third-order valence-electron chi connectivity index (χ3n) is 13.2. The average Bonchev–Trinajstić information content (AvgIpc) is 3.84. The number of para-hydroxylation sites is 1. The Morgan fingerprint density at radius 3 is 1.97 bits per heavy atom. The van der Waals surface area contributed by atoms with Crippen molar-refractivity contribution in [1.29, 1.82) is 0 Å². The van der Waals surface area contributed by atoms with Crippen molar-refractivity contribution in [2.45, 2.75) is 17.3 Å². The zero-order valence-corrected chi connectivity index (χ0v) is 32.7. The largest absolute Gasteiger partial charge is 0.309 e. The summed E-state index contributed by atoms with van der Waals surface area (Å²) in [6.07, 6.45) is 10.3. The first kappa shape index (κ1) is 33.4. The van der Waals surface area contributed by atoms with E-state index in [9.17, 15) is 0 Å². The van der Waals surface area contributed by atoms with Gasteiger partial charge in [0.25, 0.3) is 0 Å². The third-order valence-corrected chi connectivity index (χ3v) is 14.4. The van der Waals surface area contributed by atoms with Crippen LogP contribution in [0.4, 0.5) is 17.1 Å². The van der Waals surface area contributed by atoms with Gasteiger partial charge in [0.15, 0.2) is 0 Å². The molecule has 58 heavy (non-hydrogen) atoms. The average molecular weight is 758 g/mol. The number of anilines is 3. The third kappa shape index (κ3) is 4.47. The Morgan fingerprint density at radius 1 is 0.483 bits per heavy atom. The lowest BCUT2D eigenvalue weighted by molar-refractivity contribution is 0.424. The number of benzene rings is 8. The van der Waals surface area contributed by atoms with Gasteiger partial charge in [-0.25, -0.2) is 0 Å². The van der Waals surface area contributed by atoms with Crippen molar-refractivity contribution in [3.05, 3.63) is 257 Å². The van der Waals surface area contributed by atoms with Crippen LogP contribution < -0.4 is 4.90 Å². The van der Waals surface area contributed by atoms with Gasteiger partial charge in [0.2, 0.25) is 0 Å². The SMILES string of the molecule is C1=CCC(C2(c3cccc(N(c4ccccc4)c4cccc5c4sc4ccccc45)c3)c3ccccc3C3(c4ccccc4)c4ccccc4-c4cccc2c43)C=C1. The number of allylic oxidation sites excluding steroid dienone is 4. The molecule has 3 aliphatic rings. The highest BCUT2D eigenvalue weighted by Gasteiger charge is 2.58. The highest BCUT2D eigenvalue weighted by molar-refractivity contribution is 7.26. The molecule has 0 amide bonds. The molecule has 3 unspecified atom stereocenters. The Bertz CT molecular complexity index is 3120. The van der Waals surface area contributed by atoms with E-state index >= 15 is 0 Å². The van der Waals surface area contributed by atoms with E-state index < -0.39 is 10.8 Å². The highest BCUT2D eigenvalue weighted by atomic mass is 32.1. The molecule has 0 spiro atoms. The summed E-state index contributed by atoms with van der Waals surface area (Å²) >= 11 is 1.88.